The first-order valence-corrected chi connectivity index (χ1v) is 5.93. The first kappa shape index (κ1) is 13.9. The number of rotatable bonds is 2. The second-order valence-electron chi connectivity index (χ2n) is 5.39. The molecule has 0 spiro atoms. The monoisotopic (exact) mass is 234 g/mol. The van der Waals surface area contributed by atoms with Gasteiger partial charge in [0.05, 0.1) is 0 Å². The SMILES string of the molecule is Cc1c(C)c(C)c(C(=O)C(C)(C)O)c(C)c1C. The van der Waals surface area contributed by atoms with E-state index >= 15 is 0 Å². The molecule has 0 atom stereocenters. The van der Waals surface area contributed by atoms with Gasteiger partial charge in [-0.1, -0.05) is 0 Å². The summed E-state index contributed by atoms with van der Waals surface area (Å²) in [6.07, 6.45) is 0. The van der Waals surface area contributed by atoms with E-state index in [9.17, 15) is 9.90 Å². The highest BCUT2D eigenvalue weighted by Gasteiger charge is 2.29. The summed E-state index contributed by atoms with van der Waals surface area (Å²) in [6.45, 7) is 13.1. The van der Waals surface area contributed by atoms with Gasteiger partial charge in [0.2, 0.25) is 0 Å². The molecule has 0 saturated carbocycles. The van der Waals surface area contributed by atoms with Crippen molar-refractivity contribution in [2.45, 2.75) is 54.1 Å². The highest BCUT2D eigenvalue weighted by Crippen LogP contribution is 2.28. The van der Waals surface area contributed by atoms with Crippen molar-refractivity contribution in [3.05, 3.63) is 33.4 Å². The van der Waals surface area contributed by atoms with Crippen LogP contribution in [0.3, 0.4) is 0 Å². The molecule has 0 saturated heterocycles. The van der Waals surface area contributed by atoms with Gasteiger partial charge < -0.3 is 5.11 Å². The van der Waals surface area contributed by atoms with Crippen LogP contribution in [-0.2, 0) is 0 Å². The van der Waals surface area contributed by atoms with E-state index in [0.29, 0.717) is 5.56 Å². The van der Waals surface area contributed by atoms with Crippen molar-refractivity contribution < 1.29 is 9.90 Å². The topological polar surface area (TPSA) is 37.3 Å². The lowest BCUT2D eigenvalue weighted by Gasteiger charge is -2.22. The third-order valence-electron chi connectivity index (χ3n) is 3.78. The van der Waals surface area contributed by atoms with E-state index in [0.717, 1.165) is 22.3 Å². The Labute approximate surface area is 104 Å². The molecular weight excluding hydrogens is 212 g/mol. The molecule has 1 aromatic carbocycles. The van der Waals surface area contributed by atoms with E-state index in [1.165, 1.54) is 5.56 Å². The maximum Gasteiger partial charge on any atom is 0.194 e. The molecule has 0 heterocycles. The van der Waals surface area contributed by atoms with Crippen LogP contribution in [0.5, 0.6) is 0 Å². The normalized spacial score (nSPS) is 11.8. The minimum Gasteiger partial charge on any atom is -0.382 e. The minimum atomic E-state index is -1.32. The molecule has 1 rings (SSSR count). The number of Topliss-reactive ketones (excluding diaryl/α,β-unsaturated/α-hetero) is 1. The summed E-state index contributed by atoms with van der Waals surface area (Å²) in [5.41, 5.74) is 4.84. The molecular formula is C15H22O2. The molecule has 0 fully saturated rings. The van der Waals surface area contributed by atoms with E-state index < -0.39 is 5.60 Å². The highest BCUT2D eigenvalue weighted by atomic mass is 16.3. The lowest BCUT2D eigenvalue weighted by atomic mass is 9.84. The second kappa shape index (κ2) is 4.26. The van der Waals surface area contributed by atoms with Crippen molar-refractivity contribution in [3.8, 4) is 0 Å². The molecule has 1 aromatic rings. The van der Waals surface area contributed by atoms with E-state index in [2.05, 4.69) is 6.92 Å². The Morgan fingerprint density at radius 3 is 1.41 bits per heavy atom. The fourth-order valence-corrected chi connectivity index (χ4v) is 2.15. The highest BCUT2D eigenvalue weighted by molar-refractivity contribution is 6.04. The Morgan fingerprint density at radius 1 is 0.824 bits per heavy atom. The summed E-state index contributed by atoms with van der Waals surface area (Å²) < 4.78 is 0. The molecule has 94 valence electrons. The first-order chi connectivity index (χ1) is 7.59. The number of aliphatic hydroxyl groups is 1. The Kier molecular flexibility index (Phi) is 3.49. The maximum atomic E-state index is 12.3. The van der Waals surface area contributed by atoms with Gasteiger partial charge in [-0.2, -0.15) is 0 Å². The van der Waals surface area contributed by atoms with Gasteiger partial charge in [0.15, 0.2) is 5.78 Å². The number of carbonyl (C=O) groups is 1. The maximum absolute atomic E-state index is 12.3. The Bertz CT molecular complexity index is 448. The van der Waals surface area contributed by atoms with Gasteiger partial charge in [0, 0.05) is 5.56 Å². The van der Waals surface area contributed by atoms with Crippen molar-refractivity contribution in [2.75, 3.05) is 0 Å². The Balaban J connectivity index is 3.62. The van der Waals surface area contributed by atoms with Gasteiger partial charge in [-0.05, 0) is 76.3 Å². The molecule has 1 N–H and O–H groups in total. The van der Waals surface area contributed by atoms with Crippen LogP contribution in [-0.4, -0.2) is 16.5 Å². The summed E-state index contributed by atoms with van der Waals surface area (Å²) in [5, 5.41) is 9.89. The molecule has 0 aliphatic rings. The predicted octanol–water partition coefficient (Wildman–Crippen LogP) is 3.18. The summed E-state index contributed by atoms with van der Waals surface area (Å²) >= 11 is 0. The molecule has 0 aliphatic heterocycles. The van der Waals surface area contributed by atoms with Crippen molar-refractivity contribution >= 4 is 5.78 Å². The number of benzene rings is 1. The van der Waals surface area contributed by atoms with E-state index in [1.54, 1.807) is 13.8 Å². The fourth-order valence-electron chi connectivity index (χ4n) is 2.15. The molecule has 0 aliphatic carbocycles. The number of carbonyl (C=O) groups excluding carboxylic acids is 1. The Hall–Kier alpha value is -1.15. The number of ketones is 1. The van der Waals surface area contributed by atoms with Gasteiger partial charge in [-0.15, -0.1) is 0 Å². The van der Waals surface area contributed by atoms with Crippen LogP contribution in [0.25, 0.3) is 0 Å². The molecule has 2 heteroatoms. The second-order valence-corrected chi connectivity index (χ2v) is 5.39. The zero-order valence-electron chi connectivity index (χ0n) is 11.9. The lowest BCUT2D eigenvalue weighted by molar-refractivity contribution is 0.0486. The third-order valence-corrected chi connectivity index (χ3v) is 3.78. The molecule has 17 heavy (non-hydrogen) atoms. The average molecular weight is 234 g/mol. The van der Waals surface area contributed by atoms with E-state index in [1.807, 2.05) is 27.7 Å². The lowest BCUT2D eigenvalue weighted by Crippen LogP contribution is -2.32. The van der Waals surface area contributed by atoms with Crippen LogP contribution in [0, 0.1) is 34.6 Å². The number of hydrogen-bond donors (Lipinski definition) is 1. The summed E-state index contributed by atoms with van der Waals surface area (Å²) in [5.74, 6) is -0.196. The van der Waals surface area contributed by atoms with Crippen LogP contribution in [0.15, 0.2) is 0 Å². The van der Waals surface area contributed by atoms with Gasteiger partial charge in [-0.3, -0.25) is 4.79 Å². The molecule has 0 amide bonds. The molecule has 0 radical (unpaired) electrons. The molecule has 0 bridgehead atoms. The van der Waals surface area contributed by atoms with Crippen molar-refractivity contribution in [3.63, 3.8) is 0 Å². The average Bonchev–Trinajstić information content (AvgIpc) is 2.22. The third kappa shape index (κ3) is 2.27. The smallest absolute Gasteiger partial charge is 0.194 e. The molecule has 0 aromatic heterocycles. The van der Waals surface area contributed by atoms with Gasteiger partial charge >= 0.3 is 0 Å². The first-order valence-electron chi connectivity index (χ1n) is 5.93. The molecule has 2 nitrogen and oxygen atoms in total. The van der Waals surface area contributed by atoms with Gasteiger partial charge in [-0.25, -0.2) is 0 Å². The quantitative estimate of drug-likeness (QED) is 0.798. The van der Waals surface area contributed by atoms with Crippen LogP contribution in [0.4, 0.5) is 0 Å². The zero-order chi connectivity index (χ0) is 13.5. The minimum absolute atomic E-state index is 0.196. The van der Waals surface area contributed by atoms with Crippen molar-refractivity contribution in [1.82, 2.24) is 0 Å². The number of hydrogen-bond acceptors (Lipinski definition) is 2. The summed E-state index contributed by atoms with van der Waals surface area (Å²) in [7, 11) is 0. The zero-order valence-corrected chi connectivity index (χ0v) is 11.9. The largest absolute Gasteiger partial charge is 0.382 e. The van der Waals surface area contributed by atoms with E-state index in [4.69, 9.17) is 0 Å². The van der Waals surface area contributed by atoms with Crippen molar-refractivity contribution in [1.29, 1.82) is 0 Å². The van der Waals surface area contributed by atoms with Crippen molar-refractivity contribution in [2.24, 2.45) is 0 Å². The van der Waals surface area contributed by atoms with Crippen LogP contribution in [0.1, 0.15) is 52.0 Å². The van der Waals surface area contributed by atoms with Crippen LogP contribution in [0.2, 0.25) is 0 Å². The summed E-state index contributed by atoms with van der Waals surface area (Å²) in [4.78, 5) is 12.3. The van der Waals surface area contributed by atoms with Crippen LogP contribution >= 0.6 is 0 Å². The van der Waals surface area contributed by atoms with Gasteiger partial charge in [0.25, 0.3) is 0 Å². The Morgan fingerprint density at radius 2 is 1.12 bits per heavy atom. The molecule has 0 unspecified atom stereocenters. The standard InChI is InChI=1S/C15H22O2/c1-8-9(2)11(4)13(12(5)10(8)3)14(16)15(6,7)17/h17H,1-7H3. The summed E-state index contributed by atoms with van der Waals surface area (Å²) in [6, 6.07) is 0. The fraction of sp³-hybridized carbons (Fsp3) is 0.533. The van der Waals surface area contributed by atoms with Crippen LogP contribution < -0.4 is 0 Å². The van der Waals surface area contributed by atoms with Gasteiger partial charge in [0.1, 0.15) is 5.60 Å². The predicted molar refractivity (Wildman–Crippen MR) is 70.8 cm³/mol. The van der Waals surface area contributed by atoms with E-state index in [-0.39, 0.29) is 5.78 Å².